The number of hydrogen-bond donors (Lipinski definition) is 1. The van der Waals surface area contributed by atoms with Crippen LogP contribution in [0.3, 0.4) is 0 Å². The fourth-order valence-corrected chi connectivity index (χ4v) is 3.11. The molecule has 0 radical (unpaired) electrons. The van der Waals surface area contributed by atoms with Gasteiger partial charge in [0.25, 0.3) is 5.92 Å². The van der Waals surface area contributed by atoms with Crippen molar-refractivity contribution in [3.63, 3.8) is 0 Å². The maximum absolute atomic E-state index is 14.1. The number of nitrogen functional groups attached to an aromatic ring is 1. The molecule has 2 aromatic carbocycles. The number of hydrogen-bond acceptors (Lipinski definition) is 5. The molecule has 1 fully saturated rings. The molecule has 2 aliphatic rings. The number of halogens is 3. The van der Waals surface area contributed by atoms with Crippen molar-refractivity contribution in [1.82, 2.24) is 9.80 Å². The first kappa shape index (κ1) is 18.9. The predicted octanol–water partition coefficient (Wildman–Crippen LogP) is 3.37. The maximum atomic E-state index is 14.1. The highest BCUT2D eigenvalue weighted by atomic mass is 19.3. The third-order valence-corrected chi connectivity index (χ3v) is 4.63. The van der Waals surface area contributed by atoms with Gasteiger partial charge in [-0.25, -0.2) is 22.8 Å². The number of anilines is 1. The number of fused-ring (bicyclic) bond motifs is 1. The number of nitrogens with two attached hydrogens (primary N) is 1. The molecule has 7 nitrogen and oxygen atoms in total. The van der Waals surface area contributed by atoms with Gasteiger partial charge in [-0.2, -0.15) is 0 Å². The van der Waals surface area contributed by atoms with Crippen LogP contribution in [0.15, 0.2) is 36.4 Å². The molecule has 2 aromatic rings. The van der Waals surface area contributed by atoms with Crippen LogP contribution >= 0.6 is 0 Å². The third kappa shape index (κ3) is 3.78. The largest absolute Gasteiger partial charge is 0.415 e. The lowest BCUT2D eigenvalue weighted by Crippen LogP contribution is -2.59. The maximum Gasteiger partial charge on any atom is 0.415 e. The van der Waals surface area contributed by atoms with Gasteiger partial charge >= 0.3 is 12.2 Å². The van der Waals surface area contributed by atoms with Crippen molar-refractivity contribution in [2.45, 2.75) is 19.0 Å². The minimum Gasteiger partial charge on any atom is -0.410 e. The van der Waals surface area contributed by atoms with Gasteiger partial charge in [-0.15, -0.1) is 0 Å². The first-order chi connectivity index (χ1) is 13.7. The summed E-state index contributed by atoms with van der Waals surface area (Å²) in [4.78, 5) is 26.3. The van der Waals surface area contributed by atoms with E-state index in [9.17, 15) is 22.8 Å². The molecule has 0 bridgehead atoms. The lowest BCUT2D eigenvalue weighted by Gasteiger charge is -2.37. The SMILES string of the molecule is Nc1cccc(CN2Cc3ccc(OC(=O)N4CC(F)(F)C4)cc3OC2=O)c1F. The monoisotopic (exact) mass is 407 g/mol. The van der Waals surface area contributed by atoms with Crippen LogP contribution in [0.25, 0.3) is 0 Å². The van der Waals surface area contributed by atoms with Crippen molar-refractivity contribution in [2.75, 3.05) is 18.8 Å². The number of benzene rings is 2. The number of ether oxygens (including phenoxy) is 2. The quantitative estimate of drug-likeness (QED) is 0.789. The molecule has 0 saturated carbocycles. The van der Waals surface area contributed by atoms with E-state index in [0.29, 0.717) is 5.56 Å². The lowest BCUT2D eigenvalue weighted by molar-refractivity contribution is -0.115. The number of likely N-dealkylation sites (tertiary alicyclic amines) is 1. The van der Waals surface area contributed by atoms with E-state index in [1.807, 2.05) is 0 Å². The van der Waals surface area contributed by atoms with Crippen molar-refractivity contribution in [2.24, 2.45) is 0 Å². The van der Waals surface area contributed by atoms with E-state index in [2.05, 4.69) is 0 Å². The highest BCUT2D eigenvalue weighted by Gasteiger charge is 2.47. The summed E-state index contributed by atoms with van der Waals surface area (Å²) in [5.41, 5.74) is 6.40. The number of amides is 2. The van der Waals surface area contributed by atoms with Crippen molar-refractivity contribution in [3.05, 3.63) is 53.3 Å². The summed E-state index contributed by atoms with van der Waals surface area (Å²) >= 11 is 0. The Hall–Kier alpha value is -3.43. The summed E-state index contributed by atoms with van der Waals surface area (Å²) < 4.78 is 50.1. The normalized spacial score (nSPS) is 17.3. The van der Waals surface area contributed by atoms with E-state index < -0.39 is 37.0 Å². The molecule has 0 atom stereocenters. The van der Waals surface area contributed by atoms with E-state index in [-0.39, 0.29) is 35.8 Å². The molecule has 2 amide bonds. The smallest absolute Gasteiger partial charge is 0.410 e. The Morgan fingerprint density at radius 3 is 2.72 bits per heavy atom. The predicted molar refractivity (Wildman–Crippen MR) is 95.1 cm³/mol. The molecule has 1 saturated heterocycles. The molecule has 0 spiro atoms. The molecule has 0 aromatic heterocycles. The van der Waals surface area contributed by atoms with Crippen molar-refractivity contribution in [1.29, 1.82) is 0 Å². The zero-order valence-corrected chi connectivity index (χ0v) is 15.0. The molecule has 152 valence electrons. The van der Waals surface area contributed by atoms with E-state index >= 15 is 0 Å². The number of carbonyl (C=O) groups is 2. The van der Waals surface area contributed by atoms with E-state index in [0.717, 1.165) is 4.90 Å². The minimum atomic E-state index is -2.89. The zero-order valence-electron chi connectivity index (χ0n) is 15.0. The van der Waals surface area contributed by atoms with Crippen LogP contribution in [0, 0.1) is 5.82 Å². The highest BCUT2D eigenvalue weighted by molar-refractivity contribution is 5.75. The molecule has 29 heavy (non-hydrogen) atoms. The standard InChI is InChI=1S/C19H16F3N3O4/c20-16-12(2-1-3-14(16)23)8-24-7-11-4-5-13(6-15(11)29-17(24)26)28-18(27)25-9-19(21,22)10-25/h1-6H,7-10,23H2. The van der Waals surface area contributed by atoms with Gasteiger partial charge in [-0.1, -0.05) is 12.1 Å². The first-order valence-electron chi connectivity index (χ1n) is 8.69. The Labute approximate surface area is 163 Å². The van der Waals surface area contributed by atoms with E-state index in [1.165, 1.54) is 29.2 Å². The zero-order chi connectivity index (χ0) is 20.8. The molecule has 0 unspecified atom stereocenters. The average Bonchev–Trinajstić information content (AvgIpc) is 2.64. The van der Waals surface area contributed by atoms with Gasteiger partial charge in [0.05, 0.1) is 31.9 Å². The van der Waals surface area contributed by atoms with Crippen LogP contribution in [0.5, 0.6) is 11.5 Å². The fraction of sp³-hybridized carbons (Fsp3) is 0.263. The Morgan fingerprint density at radius 2 is 2.00 bits per heavy atom. The summed E-state index contributed by atoms with van der Waals surface area (Å²) in [6.07, 6.45) is -1.61. The number of alkyl halides is 2. The lowest BCUT2D eigenvalue weighted by atomic mass is 10.1. The highest BCUT2D eigenvalue weighted by Crippen LogP contribution is 2.32. The number of nitrogens with zero attached hydrogens (tertiary/aromatic N) is 2. The van der Waals surface area contributed by atoms with Gasteiger partial charge in [0, 0.05) is 17.2 Å². The van der Waals surface area contributed by atoms with Gasteiger partial charge in [0.1, 0.15) is 11.5 Å². The van der Waals surface area contributed by atoms with Gasteiger partial charge < -0.3 is 15.2 Å². The molecule has 2 N–H and O–H groups in total. The van der Waals surface area contributed by atoms with Gasteiger partial charge in [-0.3, -0.25) is 9.80 Å². The van der Waals surface area contributed by atoms with Crippen molar-refractivity contribution < 1.29 is 32.2 Å². The second-order valence-corrected chi connectivity index (χ2v) is 6.89. The molecule has 10 heteroatoms. The van der Waals surface area contributed by atoms with E-state index in [4.69, 9.17) is 15.2 Å². The van der Waals surface area contributed by atoms with Crippen LogP contribution < -0.4 is 15.2 Å². The Kier molecular flexibility index (Phi) is 4.48. The number of rotatable bonds is 3. The first-order valence-corrected chi connectivity index (χ1v) is 8.69. The Balaban J connectivity index is 1.44. The van der Waals surface area contributed by atoms with Gasteiger partial charge in [-0.05, 0) is 18.2 Å². The van der Waals surface area contributed by atoms with Crippen molar-refractivity contribution in [3.8, 4) is 11.5 Å². The van der Waals surface area contributed by atoms with Gasteiger partial charge in [0.2, 0.25) is 0 Å². The Morgan fingerprint density at radius 1 is 1.24 bits per heavy atom. The molecule has 2 aliphatic heterocycles. The van der Waals surface area contributed by atoms with Crippen LogP contribution in [0.2, 0.25) is 0 Å². The molecular weight excluding hydrogens is 391 g/mol. The van der Waals surface area contributed by atoms with Crippen LogP contribution in [-0.4, -0.2) is 41.0 Å². The second-order valence-electron chi connectivity index (χ2n) is 6.89. The van der Waals surface area contributed by atoms with Crippen LogP contribution in [-0.2, 0) is 13.1 Å². The summed E-state index contributed by atoms with van der Waals surface area (Å²) in [6, 6.07) is 8.92. The summed E-state index contributed by atoms with van der Waals surface area (Å²) in [6.45, 7) is -1.27. The van der Waals surface area contributed by atoms with E-state index in [1.54, 1.807) is 12.1 Å². The second kappa shape index (κ2) is 6.87. The average molecular weight is 407 g/mol. The summed E-state index contributed by atoms with van der Waals surface area (Å²) in [5.74, 6) is -3.24. The number of carbonyl (C=O) groups excluding carboxylic acids is 2. The van der Waals surface area contributed by atoms with Gasteiger partial charge in [0.15, 0.2) is 5.82 Å². The fourth-order valence-electron chi connectivity index (χ4n) is 3.11. The third-order valence-electron chi connectivity index (χ3n) is 4.63. The van der Waals surface area contributed by atoms with Crippen LogP contribution in [0.1, 0.15) is 11.1 Å². The molecule has 2 heterocycles. The topological polar surface area (TPSA) is 85.1 Å². The molecule has 0 aliphatic carbocycles. The van der Waals surface area contributed by atoms with Crippen LogP contribution in [0.4, 0.5) is 28.4 Å². The van der Waals surface area contributed by atoms with Crippen molar-refractivity contribution >= 4 is 17.9 Å². The molecule has 4 rings (SSSR count). The summed E-state index contributed by atoms with van der Waals surface area (Å²) in [5, 5.41) is 0. The Bertz CT molecular complexity index is 991. The summed E-state index contributed by atoms with van der Waals surface area (Å²) in [7, 11) is 0. The minimum absolute atomic E-state index is 0.0142. The molecular formula is C19H16F3N3O4.